The van der Waals surface area contributed by atoms with Crippen molar-refractivity contribution in [1.29, 1.82) is 0 Å². The van der Waals surface area contributed by atoms with E-state index in [-0.39, 0.29) is 5.82 Å². The van der Waals surface area contributed by atoms with Gasteiger partial charge in [-0.15, -0.1) is 6.58 Å². The van der Waals surface area contributed by atoms with Crippen LogP contribution >= 0.6 is 0 Å². The second kappa shape index (κ2) is 7.18. The van der Waals surface area contributed by atoms with E-state index in [1.165, 1.54) is 6.07 Å². The monoisotopic (exact) mass is 221 g/mol. The Morgan fingerprint density at radius 3 is 2.94 bits per heavy atom. The van der Waals surface area contributed by atoms with Gasteiger partial charge in [0.1, 0.15) is 5.82 Å². The molecule has 1 N–H and O–H groups in total. The number of nitrogens with one attached hydrogen (secondary N) is 1. The number of hydrogen-bond donors (Lipinski definition) is 1. The summed E-state index contributed by atoms with van der Waals surface area (Å²) in [5.41, 5.74) is 1.04. The molecule has 0 aliphatic rings. The molecule has 0 aliphatic carbocycles. The summed E-state index contributed by atoms with van der Waals surface area (Å²) >= 11 is 0. The summed E-state index contributed by atoms with van der Waals surface area (Å²) in [7, 11) is 0. The molecular weight excluding hydrogens is 201 g/mol. The molecule has 1 nitrogen and oxygen atoms in total. The SMILES string of the molecule is C=CCC(Cc1cccc(F)c1)NCCC. The predicted octanol–water partition coefficient (Wildman–Crippen LogP) is 3.31. The van der Waals surface area contributed by atoms with Gasteiger partial charge in [-0.25, -0.2) is 4.39 Å². The second-order valence-corrected chi connectivity index (χ2v) is 4.01. The average molecular weight is 221 g/mol. The molecule has 0 saturated heterocycles. The van der Waals surface area contributed by atoms with E-state index in [0.29, 0.717) is 6.04 Å². The van der Waals surface area contributed by atoms with Crippen LogP contribution in [0, 0.1) is 5.82 Å². The highest BCUT2D eigenvalue weighted by Gasteiger charge is 2.07. The fourth-order valence-corrected chi connectivity index (χ4v) is 1.74. The van der Waals surface area contributed by atoms with E-state index in [1.54, 1.807) is 12.1 Å². The Bertz CT molecular complexity index is 322. The number of halogens is 1. The first-order chi connectivity index (χ1) is 7.76. The maximum Gasteiger partial charge on any atom is 0.123 e. The Labute approximate surface area is 97.4 Å². The molecular formula is C14H20FN. The van der Waals surface area contributed by atoms with Crippen LogP contribution in [-0.2, 0) is 6.42 Å². The van der Waals surface area contributed by atoms with Crippen LogP contribution in [0.3, 0.4) is 0 Å². The molecule has 2 heteroatoms. The zero-order chi connectivity index (χ0) is 11.8. The first-order valence-electron chi connectivity index (χ1n) is 5.85. The van der Waals surface area contributed by atoms with Crippen molar-refractivity contribution in [3.63, 3.8) is 0 Å². The molecule has 1 aromatic carbocycles. The van der Waals surface area contributed by atoms with E-state index in [1.807, 2.05) is 12.1 Å². The summed E-state index contributed by atoms with van der Waals surface area (Å²) in [6, 6.07) is 7.16. The molecule has 1 unspecified atom stereocenters. The van der Waals surface area contributed by atoms with Gasteiger partial charge in [0.15, 0.2) is 0 Å². The molecule has 16 heavy (non-hydrogen) atoms. The van der Waals surface area contributed by atoms with Crippen molar-refractivity contribution in [2.75, 3.05) is 6.54 Å². The highest BCUT2D eigenvalue weighted by atomic mass is 19.1. The molecule has 0 radical (unpaired) electrons. The van der Waals surface area contributed by atoms with Gasteiger partial charge >= 0.3 is 0 Å². The van der Waals surface area contributed by atoms with Crippen LogP contribution in [0.15, 0.2) is 36.9 Å². The van der Waals surface area contributed by atoms with Crippen molar-refractivity contribution in [1.82, 2.24) is 5.32 Å². The molecule has 0 amide bonds. The Morgan fingerprint density at radius 2 is 2.31 bits per heavy atom. The van der Waals surface area contributed by atoms with Crippen LogP contribution in [0.4, 0.5) is 4.39 Å². The largest absolute Gasteiger partial charge is 0.313 e. The van der Waals surface area contributed by atoms with Gasteiger partial charge in [0.25, 0.3) is 0 Å². The van der Waals surface area contributed by atoms with Gasteiger partial charge in [-0.05, 0) is 43.5 Å². The Morgan fingerprint density at radius 1 is 1.50 bits per heavy atom. The number of rotatable bonds is 7. The highest BCUT2D eigenvalue weighted by Crippen LogP contribution is 2.08. The lowest BCUT2D eigenvalue weighted by Gasteiger charge is -2.16. The smallest absolute Gasteiger partial charge is 0.123 e. The van der Waals surface area contributed by atoms with Crippen LogP contribution in [-0.4, -0.2) is 12.6 Å². The molecule has 88 valence electrons. The topological polar surface area (TPSA) is 12.0 Å². The lowest BCUT2D eigenvalue weighted by atomic mass is 10.0. The summed E-state index contributed by atoms with van der Waals surface area (Å²) in [6.07, 6.45) is 4.78. The van der Waals surface area contributed by atoms with E-state index in [2.05, 4.69) is 18.8 Å². The first-order valence-corrected chi connectivity index (χ1v) is 5.85. The highest BCUT2D eigenvalue weighted by molar-refractivity contribution is 5.17. The number of hydrogen-bond acceptors (Lipinski definition) is 1. The lowest BCUT2D eigenvalue weighted by Crippen LogP contribution is -2.31. The summed E-state index contributed by atoms with van der Waals surface area (Å²) in [4.78, 5) is 0. The van der Waals surface area contributed by atoms with E-state index >= 15 is 0 Å². The maximum absolute atomic E-state index is 13.0. The van der Waals surface area contributed by atoms with Gasteiger partial charge in [-0.3, -0.25) is 0 Å². The zero-order valence-corrected chi connectivity index (χ0v) is 9.88. The molecule has 0 saturated carbocycles. The molecule has 0 spiro atoms. The maximum atomic E-state index is 13.0. The van der Waals surface area contributed by atoms with Crippen molar-refractivity contribution >= 4 is 0 Å². The first kappa shape index (κ1) is 12.9. The number of benzene rings is 1. The predicted molar refractivity (Wildman–Crippen MR) is 67.0 cm³/mol. The summed E-state index contributed by atoms with van der Waals surface area (Å²) < 4.78 is 13.0. The van der Waals surface area contributed by atoms with Crippen LogP contribution < -0.4 is 5.32 Å². The second-order valence-electron chi connectivity index (χ2n) is 4.01. The van der Waals surface area contributed by atoms with Gasteiger partial charge in [-0.1, -0.05) is 25.1 Å². The van der Waals surface area contributed by atoms with Crippen LogP contribution in [0.5, 0.6) is 0 Å². The third kappa shape index (κ3) is 4.58. The molecule has 1 atom stereocenters. The van der Waals surface area contributed by atoms with Crippen LogP contribution in [0.1, 0.15) is 25.3 Å². The van der Waals surface area contributed by atoms with Gasteiger partial charge < -0.3 is 5.32 Å². The van der Waals surface area contributed by atoms with Gasteiger partial charge in [0, 0.05) is 6.04 Å². The minimum absolute atomic E-state index is 0.162. The van der Waals surface area contributed by atoms with Crippen LogP contribution in [0.2, 0.25) is 0 Å². The fourth-order valence-electron chi connectivity index (χ4n) is 1.74. The minimum atomic E-state index is -0.162. The Balaban J connectivity index is 2.56. The third-order valence-electron chi connectivity index (χ3n) is 2.51. The summed E-state index contributed by atoms with van der Waals surface area (Å²) in [5, 5.41) is 3.44. The quantitative estimate of drug-likeness (QED) is 0.696. The minimum Gasteiger partial charge on any atom is -0.313 e. The summed E-state index contributed by atoms with van der Waals surface area (Å²) in [5.74, 6) is -0.162. The fraction of sp³-hybridized carbons (Fsp3) is 0.429. The van der Waals surface area contributed by atoms with E-state index in [0.717, 1.165) is 31.4 Å². The van der Waals surface area contributed by atoms with Gasteiger partial charge in [0.05, 0.1) is 0 Å². The molecule has 0 heterocycles. The van der Waals surface area contributed by atoms with Gasteiger partial charge in [-0.2, -0.15) is 0 Å². The molecule has 0 bridgehead atoms. The van der Waals surface area contributed by atoms with Crippen LogP contribution in [0.25, 0.3) is 0 Å². The average Bonchev–Trinajstić information content (AvgIpc) is 2.26. The van der Waals surface area contributed by atoms with Crippen molar-refractivity contribution in [2.24, 2.45) is 0 Å². The summed E-state index contributed by atoms with van der Waals surface area (Å²) in [6.45, 7) is 6.89. The van der Waals surface area contributed by atoms with Gasteiger partial charge in [0.2, 0.25) is 0 Å². The van der Waals surface area contributed by atoms with Crippen molar-refractivity contribution in [2.45, 2.75) is 32.2 Å². The van der Waals surface area contributed by atoms with E-state index in [9.17, 15) is 4.39 Å². The normalized spacial score (nSPS) is 12.4. The Hall–Kier alpha value is -1.15. The molecule has 0 aliphatic heterocycles. The standard InChI is InChI=1S/C14H20FN/c1-3-6-14(16-9-4-2)11-12-7-5-8-13(15)10-12/h3,5,7-8,10,14,16H,1,4,6,9,11H2,2H3. The van der Waals surface area contributed by atoms with E-state index in [4.69, 9.17) is 0 Å². The molecule has 1 aromatic rings. The van der Waals surface area contributed by atoms with Crippen molar-refractivity contribution < 1.29 is 4.39 Å². The molecule has 0 fully saturated rings. The van der Waals surface area contributed by atoms with Crippen molar-refractivity contribution in [3.8, 4) is 0 Å². The zero-order valence-electron chi connectivity index (χ0n) is 9.88. The van der Waals surface area contributed by atoms with E-state index < -0.39 is 0 Å². The third-order valence-corrected chi connectivity index (χ3v) is 2.51. The molecule has 1 rings (SSSR count). The molecule has 0 aromatic heterocycles. The Kier molecular flexibility index (Phi) is 5.79. The lowest BCUT2D eigenvalue weighted by molar-refractivity contribution is 0.510. The van der Waals surface area contributed by atoms with Crippen molar-refractivity contribution in [3.05, 3.63) is 48.3 Å².